The van der Waals surface area contributed by atoms with Gasteiger partial charge < -0.3 is 15.8 Å². The minimum atomic E-state index is -0.511. The van der Waals surface area contributed by atoms with E-state index in [1.54, 1.807) is 6.07 Å². The number of H-pyrrole nitrogens is 2. The van der Waals surface area contributed by atoms with E-state index in [9.17, 15) is 9.50 Å². The van der Waals surface area contributed by atoms with Crippen molar-refractivity contribution in [2.24, 2.45) is 0 Å². The normalized spacial score (nSPS) is 11.5. The number of hydrogen-bond acceptors (Lipinski definition) is 5. The molecule has 8 heteroatoms. The third-order valence-electron chi connectivity index (χ3n) is 3.32. The summed E-state index contributed by atoms with van der Waals surface area (Å²) in [5.74, 6) is -0.384. The summed E-state index contributed by atoms with van der Waals surface area (Å²) in [4.78, 5) is 11.0. The highest BCUT2D eigenvalue weighted by molar-refractivity contribution is 6.00. The summed E-state index contributed by atoms with van der Waals surface area (Å²) in [7, 11) is 0. The van der Waals surface area contributed by atoms with Gasteiger partial charge in [0.15, 0.2) is 5.65 Å². The zero-order valence-corrected chi connectivity index (χ0v) is 10.6. The van der Waals surface area contributed by atoms with Crippen molar-refractivity contribution in [2.75, 3.05) is 5.73 Å². The van der Waals surface area contributed by atoms with Crippen LogP contribution >= 0.6 is 0 Å². The molecule has 3 aromatic heterocycles. The average Bonchev–Trinajstić information content (AvgIpc) is 3.02. The number of aromatic amines is 2. The fourth-order valence-corrected chi connectivity index (χ4v) is 2.40. The minimum absolute atomic E-state index is 0.163. The zero-order valence-electron chi connectivity index (χ0n) is 10.6. The molecule has 0 saturated carbocycles. The summed E-state index contributed by atoms with van der Waals surface area (Å²) in [6, 6.07) is 4.07. The number of fused-ring (bicyclic) bond motifs is 2. The fourth-order valence-electron chi connectivity index (χ4n) is 2.40. The molecule has 0 saturated heterocycles. The molecular formula is C13H9FN6O. The van der Waals surface area contributed by atoms with Crippen LogP contribution in [0.3, 0.4) is 0 Å². The van der Waals surface area contributed by atoms with Crippen molar-refractivity contribution in [2.45, 2.75) is 0 Å². The average molecular weight is 284 g/mol. The smallest absolute Gasteiger partial charge is 0.186 e. The van der Waals surface area contributed by atoms with Crippen LogP contribution in [0.25, 0.3) is 33.3 Å². The van der Waals surface area contributed by atoms with Gasteiger partial charge in [-0.1, -0.05) is 0 Å². The van der Waals surface area contributed by atoms with Crippen LogP contribution in [-0.2, 0) is 0 Å². The summed E-state index contributed by atoms with van der Waals surface area (Å²) in [5, 5.41) is 17.8. The maximum absolute atomic E-state index is 13.3. The fraction of sp³-hybridized carbons (Fsp3) is 0. The summed E-state index contributed by atoms with van der Waals surface area (Å²) in [5.41, 5.74) is 7.91. The molecule has 0 aliphatic carbocycles. The van der Waals surface area contributed by atoms with Crippen LogP contribution in [0.2, 0.25) is 0 Å². The van der Waals surface area contributed by atoms with Crippen molar-refractivity contribution in [3.63, 3.8) is 0 Å². The number of aromatic nitrogens is 5. The molecule has 0 radical (unpaired) electrons. The number of nitrogens with zero attached hydrogens (tertiary/aromatic N) is 3. The molecule has 0 aliphatic heterocycles. The van der Waals surface area contributed by atoms with Gasteiger partial charge in [-0.05, 0) is 12.1 Å². The number of nitrogens with two attached hydrogens (primary N) is 1. The second-order valence-corrected chi connectivity index (χ2v) is 4.63. The van der Waals surface area contributed by atoms with Gasteiger partial charge in [0.2, 0.25) is 0 Å². The van der Waals surface area contributed by atoms with E-state index in [-0.39, 0.29) is 11.6 Å². The molecule has 0 spiro atoms. The molecule has 0 unspecified atom stereocenters. The van der Waals surface area contributed by atoms with Crippen molar-refractivity contribution in [1.82, 2.24) is 25.1 Å². The first-order valence-electron chi connectivity index (χ1n) is 6.09. The monoisotopic (exact) mass is 284 g/mol. The second-order valence-electron chi connectivity index (χ2n) is 4.63. The Labute approximate surface area is 116 Å². The molecule has 4 rings (SSSR count). The topological polar surface area (TPSA) is 116 Å². The van der Waals surface area contributed by atoms with Crippen LogP contribution in [0.1, 0.15) is 0 Å². The summed E-state index contributed by atoms with van der Waals surface area (Å²) >= 11 is 0. The van der Waals surface area contributed by atoms with E-state index in [2.05, 4.69) is 25.1 Å². The lowest BCUT2D eigenvalue weighted by Crippen LogP contribution is -1.92. The van der Waals surface area contributed by atoms with Crippen molar-refractivity contribution in [3.05, 3.63) is 30.3 Å². The van der Waals surface area contributed by atoms with E-state index in [0.29, 0.717) is 33.3 Å². The number of nitrogen functional groups attached to an aromatic ring is 1. The maximum Gasteiger partial charge on any atom is 0.186 e. The van der Waals surface area contributed by atoms with Crippen LogP contribution in [0.4, 0.5) is 10.2 Å². The molecule has 0 amide bonds. The Kier molecular flexibility index (Phi) is 2.17. The van der Waals surface area contributed by atoms with E-state index in [1.807, 2.05) is 0 Å². The Hall–Kier alpha value is -3.16. The first-order chi connectivity index (χ1) is 10.1. The Morgan fingerprint density at radius 3 is 2.90 bits per heavy atom. The zero-order chi connectivity index (χ0) is 14.6. The van der Waals surface area contributed by atoms with E-state index in [1.165, 1.54) is 12.4 Å². The van der Waals surface area contributed by atoms with Crippen molar-refractivity contribution < 1.29 is 9.50 Å². The molecule has 3 heterocycles. The first kappa shape index (κ1) is 11.6. The van der Waals surface area contributed by atoms with Crippen LogP contribution in [0.15, 0.2) is 24.5 Å². The van der Waals surface area contributed by atoms with Crippen LogP contribution in [0.5, 0.6) is 5.75 Å². The Bertz CT molecular complexity index is 989. The Balaban J connectivity index is 2.03. The molecular weight excluding hydrogens is 275 g/mol. The van der Waals surface area contributed by atoms with Crippen molar-refractivity contribution >= 4 is 27.8 Å². The highest BCUT2D eigenvalue weighted by atomic mass is 19.1. The van der Waals surface area contributed by atoms with Gasteiger partial charge in [0, 0.05) is 11.5 Å². The lowest BCUT2D eigenvalue weighted by molar-refractivity contribution is 0.475. The molecule has 5 N–H and O–H groups in total. The van der Waals surface area contributed by atoms with Gasteiger partial charge in [-0.2, -0.15) is 5.10 Å². The third kappa shape index (κ3) is 1.62. The quantitative estimate of drug-likeness (QED) is 0.426. The second kappa shape index (κ2) is 3.92. The maximum atomic E-state index is 13.3. The molecule has 0 bridgehead atoms. The van der Waals surface area contributed by atoms with Gasteiger partial charge >= 0.3 is 0 Å². The van der Waals surface area contributed by atoms with Gasteiger partial charge in [0.1, 0.15) is 23.7 Å². The van der Waals surface area contributed by atoms with E-state index >= 15 is 0 Å². The number of hydrogen-bond donors (Lipinski definition) is 4. The lowest BCUT2D eigenvalue weighted by Gasteiger charge is -1.97. The van der Waals surface area contributed by atoms with Crippen molar-refractivity contribution in [1.29, 1.82) is 0 Å². The summed E-state index contributed by atoms with van der Waals surface area (Å²) < 4.78 is 13.3. The standard InChI is InChI=1S/C13H9FN6O/c14-6-1-5-2-7(18-10(5)8(21)3-6)11-9-12(15)16-4-17-13(9)20-19-11/h1-4,18,21H,(H3,15,16,17,19,20). The molecule has 0 fully saturated rings. The Morgan fingerprint density at radius 1 is 1.19 bits per heavy atom. The number of anilines is 1. The number of aromatic hydroxyl groups is 1. The van der Waals surface area contributed by atoms with Gasteiger partial charge in [-0.15, -0.1) is 0 Å². The van der Waals surface area contributed by atoms with Crippen LogP contribution in [-0.4, -0.2) is 30.3 Å². The molecule has 0 atom stereocenters. The highest BCUT2D eigenvalue weighted by Gasteiger charge is 2.15. The molecule has 0 aliphatic rings. The first-order valence-corrected chi connectivity index (χ1v) is 6.09. The molecule has 21 heavy (non-hydrogen) atoms. The van der Waals surface area contributed by atoms with Crippen LogP contribution < -0.4 is 5.73 Å². The molecule has 104 valence electrons. The number of nitrogens with one attached hydrogen (secondary N) is 2. The predicted molar refractivity (Wildman–Crippen MR) is 75.0 cm³/mol. The van der Waals surface area contributed by atoms with Gasteiger partial charge in [-0.3, -0.25) is 5.10 Å². The molecule has 4 aromatic rings. The van der Waals surface area contributed by atoms with Gasteiger partial charge in [-0.25, -0.2) is 14.4 Å². The highest BCUT2D eigenvalue weighted by Crippen LogP contribution is 2.33. The Morgan fingerprint density at radius 2 is 2.05 bits per heavy atom. The minimum Gasteiger partial charge on any atom is -0.506 e. The van der Waals surface area contributed by atoms with E-state index in [4.69, 9.17) is 5.73 Å². The van der Waals surface area contributed by atoms with Crippen LogP contribution in [0, 0.1) is 5.82 Å². The summed E-state index contributed by atoms with van der Waals surface area (Å²) in [6.45, 7) is 0. The number of phenols is 1. The van der Waals surface area contributed by atoms with E-state index < -0.39 is 5.82 Å². The summed E-state index contributed by atoms with van der Waals surface area (Å²) in [6.07, 6.45) is 1.33. The molecule has 1 aromatic carbocycles. The lowest BCUT2D eigenvalue weighted by atomic mass is 10.2. The van der Waals surface area contributed by atoms with Gasteiger partial charge in [0.25, 0.3) is 0 Å². The largest absolute Gasteiger partial charge is 0.506 e. The number of phenolic OH excluding ortho intramolecular Hbond substituents is 1. The SMILES string of the molecule is Nc1ncnc2n[nH]c(-c3cc4cc(F)cc(O)c4[nH]3)c12. The van der Waals surface area contributed by atoms with Gasteiger partial charge in [0.05, 0.1) is 22.3 Å². The predicted octanol–water partition coefficient (Wildman–Crippen LogP) is 1.93. The van der Waals surface area contributed by atoms with E-state index in [0.717, 1.165) is 6.07 Å². The number of rotatable bonds is 1. The number of benzene rings is 1. The molecule has 7 nitrogen and oxygen atoms in total. The van der Waals surface area contributed by atoms with Crippen molar-refractivity contribution in [3.8, 4) is 17.1 Å². The third-order valence-corrected chi connectivity index (χ3v) is 3.32. The number of halogens is 1.